The third kappa shape index (κ3) is 2.92. The first-order chi connectivity index (χ1) is 8.97. The molecule has 0 atom stereocenters. The summed E-state index contributed by atoms with van der Waals surface area (Å²) in [6.45, 7) is 1.86. The minimum atomic E-state index is -1.15. The quantitative estimate of drug-likeness (QED) is 0.803. The van der Waals surface area contributed by atoms with Gasteiger partial charge in [-0.2, -0.15) is 5.10 Å². The van der Waals surface area contributed by atoms with Crippen LogP contribution >= 0.6 is 11.6 Å². The van der Waals surface area contributed by atoms with Gasteiger partial charge in [-0.3, -0.25) is 9.89 Å². The number of halogens is 1. The van der Waals surface area contributed by atoms with Crippen molar-refractivity contribution in [3.63, 3.8) is 0 Å². The molecule has 0 fully saturated rings. The van der Waals surface area contributed by atoms with Gasteiger partial charge < -0.3 is 10.4 Å². The van der Waals surface area contributed by atoms with Crippen LogP contribution in [0.3, 0.4) is 0 Å². The number of carbonyl (C=O) groups is 2. The van der Waals surface area contributed by atoms with Crippen molar-refractivity contribution in [2.75, 3.05) is 5.32 Å². The normalized spacial score (nSPS) is 10.2. The van der Waals surface area contributed by atoms with Crippen molar-refractivity contribution in [1.29, 1.82) is 0 Å². The van der Waals surface area contributed by atoms with Crippen LogP contribution in [-0.4, -0.2) is 27.2 Å². The molecule has 0 saturated heterocycles. The van der Waals surface area contributed by atoms with Gasteiger partial charge in [0.1, 0.15) is 5.69 Å². The Hall–Kier alpha value is -2.34. The van der Waals surface area contributed by atoms with Crippen LogP contribution in [0.1, 0.15) is 26.4 Å². The molecule has 1 heterocycles. The molecule has 2 rings (SSSR count). The van der Waals surface area contributed by atoms with E-state index in [9.17, 15) is 9.59 Å². The highest BCUT2D eigenvalue weighted by Gasteiger charge is 2.13. The summed E-state index contributed by atoms with van der Waals surface area (Å²) >= 11 is 5.96. The molecule has 1 amide bonds. The Morgan fingerprint density at radius 3 is 2.68 bits per heavy atom. The molecule has 0 aliphatic heterocycles. The fourth-order valence-electron chi connectivity index (χ4n) is 1.48. The van der Waals surface area contributed by atoms with Gasteiger partial charge in [0.2, 0.25) is 0 Å². The molecule has 0 radical (unpaired) electrons. The lowest BCUT2D eigenvalue weighted by molar-refractivity contribution is 0.0690. The van der Waals surface area contributed by atoms with Crippen LogP contribution in [0.15, 0.2) is 24.3 Å². The van der Waals surface area contributed by atoms with Crippen LogP contribution in [0.2, 0.25) is 5.02 Å². The van der Waals surface area contributed by atoms with Crippen LogP contribution in [0.5, 0.6) is 0 Å². The number of hydrogen-bond donors (Lipinski definition) is 3. The molecule has 0 aliphatic rings. The van der Waals surface area contributed by atoms with E-state index in [4.69, 9.17) is 16.7 Å². The summed E-state index contributed by atoms with van der Waals surface area (Å²) in [6.07, 6.45) is 0. The van der Waals surface area contributed by atoms with Crippen molar-refractivity contribution < 1.29 is 14.7 Å². The summed E-state index contributed by atoms with van der Waals surface area (Å²) in [4.78, 5) is 22.6. The van der Waals surface area contributed by atoms with Gasteiger partial charge in [-0.05, 0) is 24.6 Å². The fourth-order valence-corrected chi connectivity index (χ4v) is 1.80. The minimum absolute atomic E-state index is 0.106. The molecule has 1 aromatic carbocycles. The van der Waals surface area contributed by atoms with Gasteiger partial charge in [0, 0.05) is 6.07 Å². The number of benzene rings is 1. The highest BCUT2D eigenvalue weighted by atomic mass is 35.5. The van der Waals surface area contributed by atoms with Gasteiger partial charge in [0.15, 0.2) is 5.82 Å². The molecule has 0 spiro atoms. The largest absolute Gasteiger partial charge is 0.477 e. The topological polar surface area (TPSA) is 95.1 Å². The van der Waals surface area contributed by atoms with Crippen molar-refractivity contribution in [3.8, 4) is 0 Å². The molecule has 0 bridgehead atoms. The highest BCUT2D eigenvalue weighted by molar-refractivity contribution is 6.34. The monoisotopic (exact) mass is 279 g/mol. The summed E-state index contributed by atoms with van der Waals surface area (Å²) in [7, 11) is 0. The molecule has 98 valence electrons. The number of anilines is 1. The van der Waals surface area contributed by atoms with E-state index in [-0.39, 0.29) is 11.5 Å². The standard InChI is InChI=1S/C12H10ClN3O3/c1-6-2-3-7(8(13)4-6)11(17)14-10-5-9(12(18)19)15-16-10/h2-5H,1H3,(H,18,19)(H2,14,15,16,17). The first-order valence-corrected chi connectivity index (χ1v) is 5.71. The van der Waals surface area contributed by atoms with Crippen molar-refractivity contribution in [1.82, 2.24) is 10.2 Å². The Morgan fingerprint density at radius 2 is 2.11 bits per heavy atom. The van der Waals surface area contributed by atoms with Gasteiger partial charge in [-0.25, -0.2) is 4.79 Å². The summed E-state index contributed by atoms with van der Waals surface area (Å²) in [5.74, 6) is -1.48. The molecule has 6 nitrogen and oxygen atoms in total. The summed E-state index contributed by atoms with van der Waals surface area (Å²) < 4.78 is 0. The third-order valence-electron chi connectivity index (χ3n) is 2.42. The van der Waals surface area contributed by atoms with Crippen LogP contribution < -0.4 is 5.32 Å². The van der Waals surface area contributed by atoms with Gasteiger partial charge in [-0.15, -0.1) is 0 Å². The highest BCUT2D eigenvalue weighted by Crippen LogP contribution is 2.19. The molecule has 1 aromatic heterocycles. The number of aryl methyl sites for hydroxylation is 1. The number of carboxylic acid groups (broad SMARTS) is 1. The van der Waals surface area contributed by atoms with Crippen LogP contribution in [0.4, 0.5) is 5.82 Å². The van der Waals surface area contributed by atoms with Crippen molar-refractivity contribution in [3.05, 3.63) is 46.1 Å². The Labute approximate surface area is 113 Å². The van der Waals surface area contributed by atoms with Crippen LogP contribution in [-0.2, 0) is 0 Å². The number of aromatic carboxylic acids is 1. The molecular weight excluding hydrogens is 270 g/mol. The Bertz CT molecular complexity index is 651. The second-order valence-corrected chi connectivity index (χ2v) is 4.32. The zero-order valence-electron chi connectivity index (χ0n) is 9.90. The number of rotatable bonds is 3. The zero-order valence-corrected chi connectivity index (χ0v) is 10.7. The number of carbonyl (C=O) groups excluding carboxylic acids is 1. The first-order valence-electron chi connectivity index (χ1n) is 5.33. The van der Waals surface area contributed by atoms with Crippen molar-refractivity contribution >= 4 is 29.3 Å². The van der Waals surface area contributed by atoms with E-state index in [1.54, 1.807) is 18.2 Å². The Morgan fingerprint density at radius 1 is 1.37 bits per heavy atom. The molecule has 3 N–H and O–H groups in total. The predicted molar refractivity (Wildman–Crippen MR) is 69.7 cm³/mol. The van der Waals surface area contributed by atoms with Gasteiger partial charge in [0.05, 0.1) is 10.6 Å². The first kappa shape index (κ1) is 13.1. The van der Waals surface area contributed by atoms with Gasteiger partial charge in [0.25, 0.3) is 5.91 Å². The summed E-state index contributed by atoms with van der Waals surface area (Å²) in [5.41, 5.74) is 1.13. The Kier molecular flexibility index (Phi) is 3.52. The predicted octanol–water partition coefficient (Wildman–Crippen LogP) is 2.32. The van der Waals surface area contributed by atoms with E-state index in [1.165, 1.54) is 6.07 Å². The Balaban J connectivity index is 2.18. The van der Waals surface area contributed by atoms with E-state index >= 15 is 0 Å². The average molecular weight is 280 g/mol. The maximum atomic E-state index is 11.9. The second kappa shape index (κ2) is 5.11. The van der Waals surface area contributed by atoms with Gasteiger partial charge in [-0.1, -0.05) is 17.7 Å². The number of carboxylic acids is 1. The maximum absolute atomic E-state index is 11.9. The number of aromatic nitrogens is 2. The molecular formula is C12H10ClN3O3. The lowest BCUT2D eigenvalue weighted by atomic mass is 10.1. The van der Waals surface area contributed by atoms with Crippen LogP contribution in [0.25, 0.3) is 0 Å². The van der Waals surface area contributed by atoms with E-state index in [1.807, 2.05) is 6.92 Å². The molecule has 0 aliphatic carbocycles. The molecule has 19 heavy (non-hydrogen) atoms. The number of nitrogens with one attached hydrogen (secondary N) is 2. The fraction of sp³-hybridized carbons (Fsp3) is 0.0833. The number of aromatic amines is 1. The molecule has 7 heteroatoms. The third-order valence-corrected chi connectivity index (χ3v) is 2.73. The molecule has 2 aromatic rings. The second-order valence-electron chi connectivity index (χ2n) is 3.91. The molecule has 0 saturated carbocycles. The lowest BCUT2D eigenvalue weighted by Gasteiger charge is -2.04. The number of hydrogen-bond acceptors (Lipinski definition) is 3. The molecule has 0 unspecified atom stereocenters. The maximum Gasteiger partial charge on any atom is 0.353 e. The SMILES string of the molecule is Cc1ccc(C(=O)Nc2cc(C(=O)O)[nH]n2)c(Cl)c1. The average Bonchev–Trinajstić information content (AvgIpc) is 2.77. The lowest BCUT2D eigenvalue weighted by Crippen LogP contribution is -2.12. The summed E-state index contributed by atoms with van der Waals surface area (Å²) in [5, 5.41) is 17.5. The van der Waals surface area contributed by atoms with E-state index in [2.05, 4.69) is 15.5 Å². The van der Waals surface area contributed by atoms with Crippen molar-refractivity contribution in [2.24, 2.45) is 0 Å². The van der Waals surface area contributed by atoms with E-state index in [0.29, 0.717) is 10.6 Å². The number of H-pyrrole nitrogens is 1. The van der Waals surface area contributed by atoms with E-state index < -0.39 is 11.9 Å². The number of nitrogens with zero attached hydrogens (tertiary/aromatic N) is 1. The minimum Gasteiger partial charge on any atom is -0.477 e. The smallest absolute Gasteiger partial charge is 0.353 e. The van der Waals surface area contributed by atoms with Crippen molar-refractivity contribution in [2.45, 2.75) is 6.92 Å². The van der Waals surface area contributed by atoms with Crippen LogP contribution in [0, 0.1) is 6.92 Å². The van der Waals surface area contributed by atoms with Gasteiger partial charge >= 0.3 is 5.97 Å². The number of amides is 1. The zero-order chi connectivity index (χ0) is 14.0. The summed E-state index contributed by atoms with van der Waals surface area (Å²) in [6, 6.07) is 6.25. The van der Waals surface area contributed by atoms with E-state index in [0.717, 1.165) is 5.56 Å².